The third-order valence-electron chi connectivity index (χ3n) is 5.75. The summed E-state index contributed by atoms with van der Waals surface area (Å²) in [5.74, 6) is -1.21. The lowest BCUT2D eigenvalue weighted by Crippen LogP contribution is -2.56. The van der Waals surface area contributed by atoms with Gasteiger partial charge in [-0.2, -0.15) is 15.4 Å². The van der Waals surface area contributed by atoms with Crippen LogP contribution in [0, 0.1) is 12.8 Å². The molecule has 1 aromatic carbocycles. The molecule has 3 heterocycles. The van der Waals surface area contributed by atoms with E-state index >= 15 is 0 Å². The lowest BCUT2D eigenvalue weighted by Gasteiger charge is -2.39. The summed E-state index contributed by atoms with van der Waals surface area (Å²) in [5, 5.41) is 22.0. The third-order valence-corrected chi connectivity index (χ3v) is 5.75. The van der Waals surface area contributed by atoms with Gasteiger partial charge in [-0.05, 0) is 18.9 Å². The molecule has 0 bridgehead atoms. The maximum absolute atomic E-state index is 13.1. The molecular formula is C20H24N6O4. The number of H-pyrrole nitrogens is 1. The number of benzene rings is 1. The van der Waals surface area contributed by atoms with Gasteiger partial charge in [0.05, 0.1) is 30.3 Å². The average molecular weight is 412 g/mol. The van der Waals surface area contributed by atoms with Gasteiger partial charge in [0.2, 0.25) is 11.8 Å². The largest absolute Gasteiger partial charge is 0.395 e. The average Bonchev–Trinajstić information content (AvgIpc) is 3.36. The summed E-state index contributed by atoms with van der Waals surface area (Å²) in [4.78, 5) is 42.0. The van der Waals surface area contributed by atoms with Crippen LogP contribution in [0.3, 0.4) is 0 Å². The Morgan fingerprint density at radius 1 is 1.27 bits per heavy atom. The smallest absolute Gasteiger partial charge is 0.276 e. The monoisotopic (exact) mass is 412 g/mol. The quantitative estimate of drug-likeness (QED) is 0.614. The van der Waals surface area contributed by atoms with E-state index in [1.165, 1.54) is 4.90 Å². The third kappa shape index (κ3) is 3.54. The molecule has 0 aliphatic carbocycles. The molecule has 158 valence electrons. The van der Waals surface area contributed by atoms with Crippen LogP contribution in [0.5, 0.6) is 0 Å². The highest BCUT2D eigenvalue weighted by Crippen LogP contribution is 2.43. The van der Waals surface area contributed by atoms with Crippen molar-refractivity contribution in [2.24, 2.45) is 5.92 Å². The van der Waals surface area contributed by atoms with Gasteiger partial charge >= 0.3 is 0 Å². The van der Waals surface area contributed by atoms with E-state index in [9.17, 15) is 14.4 Å². The molecule has 3 amide bonds. The lowest BCUT2D eigenvalue weighted by molar-refractivity contribution is -0.139. The van der Waals surface area contributed by atoms with Crippen LogP contribution in [0.2, 0.25) is 0 Å². The van der Waals surface area contributed by atoms with Crippen LogP contribution < -0.4 is 5.32 Å². The molecule has 0 radical (unpaired) electrons. The second-order valence-electron chi connectivity index (χ2n) is 7.61. The summed E-state index contributed by atoms with van der Waals surface area (Å²) < 4.78 is 0. The first-order chi connectivity index (χ1) is 14.5. The summed E-state index contributed by atoms with van der Waals surface area (Å²) in [7, 11) is 0. The van der Waals surface area contributed by atoms with Gasteiger partial charge in [-0.25, -0.2) is 0 Å². The number of aliphatic hydroxyl groups is 1. The molecule has 0 spiro atoms. The molecule has 1 aromatic heterocycles. The Balaban J connectivity index is 1.61. The van der Waals surface area contributed by atoms with E-state index in [4.69, 9.17) is 5.11 Å². The summed E-state index contributed by atoms with van der Waals surface area (Å²) >= 11 is 0. The highest BCUT2D eigenvalue weighted by atomic mass is 16.3. The van der Waals surface area contributed by atoms with Gasteiger partial charge in [-0.1, -0.05) is 30.3 Å². The van der Waals surface area contributed by atoms with Crippen molar-refractivity contribution in [3.63, 3.8) is 0 Å². The molecular weight excluding hydrogens is 388 g/mol. The molecule has 3 N–H and O–H groups in total. The minimum atomic E-state index is -0.461. The molecule has 2 aliphatic rings. The number of nitrogens with one attached hydrogen (secondary N) is 2. The number of amides is 3. The minimum absolute atomic E-state index is 0.0735. The van der Waals surface area contributed by atoms with E-state index in [2.05, 4.69) is 20.7 Å². The first-order valence-electron chi connectivity index (χ1n) is 9.92. The van der Waals surface area contributed by atoms with Crippen molar-refractivity contribution in [3.05, 3.63) is 47.3 Å². The van der Waals surface area contributed by atoms with Gasteiger partial charge in [0.25, 0.3) is 5.91 Å². The van der Waals surface area contributed by atoms with Gasteiger partial charge in [-0.3, -0.25) is 14.4 Å². The molecule has 2 aromatic rings. The first-order valence-corrected chi connectivity index (χ1v) is 9.92. The highest BCUT2D eigenvalue weighted by Gasteiger charge is 2.50. The van der Waals surface area contributed by atoms with Crippen LogP contribution in [0.1, 0.15) is 34.2 Å². The molecule has 10 heteroatoms. The molecule has 0 saturated carbocycles. The van der Waals surface area contributed by atoms with Gasteiger partial charge in [0.1, 0.15) is 6.54 Å². The number of piperazine rings is 1. The molecule has 2 aliphatic heterocycles. The van der Waals surface area contributed by atoms with Gasteiger partial charge in [-0.15, -0.1) is 0 Å². The Bertz CT molecular complexity index is 946. The van der Waals surface area contributed by atoms with Crippen molar-refractivity contribution in [1.82, 2.24) is 30.5 Å². The Morgan fingerprint density at radius 2 is 2.03 bits per heavy atom. The van der Waals surface area contributed by atoms with E-state index in [1.807, 2.05) is 30.3 Å². The number of aromatic amines is 1. The van der Waals surface area contributed by atoms with E-state index in [0.717, 1.165) is 5.56 Å². The van der Waals surface area contributed by atoms with Crippen molar-refractivity contribution < 1.29 is 19.5 Å². The van der Waals surface area contributed by atoms with Gasteiger partial charge in [0.15, 0.2) is 5.69 Å². The Morgan fingerprint density at radius 3 is 2.70 bits per heavy atom. The molecule has 0 unspecified atom stereocenters. The standard InChI is InChI=1S/C20H24N6O4/c1-12-17(23-24-22-12)20(30)25-10-14-9-15(19(29)21-7-8-27)18(26(14)16(28)11-25)13-5-3-2-4-6-13/h2-6,14-15,18,27H,7-11H2,1H3,(H,21,29)(H,22,23,24)/t14-,15-,18-/m1/s1. The number of nitrogens with zero attached hydrogens (tertiary/aromatic N) is 4. The number of carbonyl (C=O) groups excluding carboxylic acids is 3. The van der Waals surface area contributed by atoms with Crippen molar-refractivity contribution >= 4 is 17.7 Å². The number of aryl methyl sites for hydroxylation is 1. The van der Waals surface area contributed by atoms with Crippen LogP contribution >= 0.6 is 0 Å². The van der Waals surface area contributed by atoms with Crippen LogP contribution in [-0.2, 0) is 9.59 Å². The van der Waals surface area contributed by atoms with Crippen molar-refractivity contribution in [2.45, 2.75) is 25.4 Å². The SMILES string of the molecule is Cc1n[nH]nc1C(=O)N1CC(=O)N2[C@H](C[C@@H](C(=O)NCCO)[C@H]2c2ccccc2)C1. The highest BCUT2D eigenvalue weighted by molar-refractivity contribution is 5.96. The van der Waals surface area contributed by atoms with Crippen LogP contribution in [0.15, 0.2) is 30.3 Å². The Hall–Kier alpha value is -3.27. The first kappa shape index (κ1) is 20.0. The molecule has 30 heavy (non-hydrogen) atoms. The summed E-state index contributed by atoms with van der Waals surface area (Å²) in [6, 6.07) is 8.76. The maximum atomic E-state index is 13.1. The summed E-state index contributed by atoms with van der Waals surface area (Å²) in [6.07, 6.45) is 0.435. The van der Waals surface area contributed by atoms with Gasteiger partial charge in [0, 0.05) is 13.1 Å². The number of aliphatic hydroxyl groups excluding tert-OH is 1. The predicted octanol–water partition coefficient (Wildman–Crippen LogP) is -0.364. The maximum Gasteiger partial charge on any atom is 0.276 e. The Kier molecular flexibility index (Phi) is 5.49. The number of aromatic nitrogens is 3. The van der Waals surface area contributed by atoms with Crippen molar-refractivity contribution in [1.29, 1.82) is 0 Å². The van der Waals surface area contributed by atoms with E-state index < -0.39 is 12.0 Å². The zero-order valence-corrected chi connectivity index (χ0v) is 16.6. The normalized spacial score (nSPS) is 23.4. The Labute approximate surface area is 173 Å². The lowest BCUT2D eigenvalue weighted by atomic mass is 9.92. The van der Waals surface area contributed by atoms with E-state index in [1.54, 1.807) is 11.8 Å². The van der Waals surface area contributed by atoms with Gasteiger partial charge < -0.3 is 20.2 Å². The van der Waals surface area contributed by atoms with Crippen LogP contribution in [0.4, 0.5) is 0 Å². The fraction of sp³-hybridized carbons (Fsp3) is 0.450. The topological polar surface area (TPSA) is 132 Å². The molecule has 3 atom stereocenters. The summed E-state index contributed by atoms with van der Waals surface area (Å²) in [6.45, 7) is 1.93. The summed E-state index contributed by atoms with van der Waals surface area (Å²) in [5.41, 5.74) is 1.56. The van der Waals surface area contributed by atoms with E-state index in [0.29, 0.717) is 18.7 Å². The predicted molar refractivity (Wildman–Crippen MR) is 105 cm³/mol. The number of rotatable bonds is 5. The number of carbonyl (C=O) groups is 3. The molecule has 4 rings (SSSR count). The number of fused-ring (bicyclic) bond motifs is 1. The van der Waals surface area contributed by atoms with E-state index in [-0.39, 0.29) is 49.2 Å². The fourth-order valence-electron chi connectivity index (χ4n) is 4.44. The second-order valence-corrected chi connectivity index (χ2v) is 7.61. The fourth-order valence-corrected chi connectivity index (χ4v) is 4.44. The zero-order valence-electron chi connectivity index (χ0n) is 16.6. The number of hydrogen-bond donors (Lipinski definition) is 3. The number of hydrogen-bond acceptors (Lipinski definition) is 6. The molecule has 2 saturated heterocycles. The van der Waals surface area contributed by atoms with Crippen LogP contribution in [0.25, 0.3) is 0 Å². The van der Waals surface area contributed by atoms with Crippen molar-refractivity contribution in [2.75, 3.05) is 26.2 Å². The van der Waals surface area contributed by atoms with Crippen molar-refractivity contribution in [3.8, 4) is 0 Å². The molecule has 10 nitrogen and oxygen atoms in total. The van der Waals surface area contributed by atoms with Crippen LogP contribution in [-0.4, -0.2) is 80.3 Å². The minimum Gasteiger partial charge on any atom is -0.395 e. The molecule has 2 fully saturated rings. The second kappa shape index (κ2) is 8.23. The zero-order chi connectivity index (χ0) is 21.3.